The number of hydrogen-bond acceptors (Lipinski definition) is 1. The maximum atomic E-state index is 6.47. The van der Waals surface area contributed by atoms with E-state index in [-0.39, 0.29) is 5.22 Å². The van der Waals surface area contributed by atoms with Gasteiger partial charge in [-0.3, -0.25) is 0 Å². The number of allylic oxidation sites excluding steroid dienone is 1. The summed E-state index contributed by atoms with van der Waals surface area (Å²) in [4.78, 5) is 0. The predicted molar refractivity (Wildman–Crippen MR) is 107 cm³/mol. The average Bonchev–Trinajstić information content (AvgIpc) is 2.54. The minimum Gasteiger partial charge on any atom is -0.378 e. The molecule has 0 saturated carbocycles. The van der Waals surface area contributed by atoms with Crippen molar-refractivity contribution in [2.75, 3.05) is 6.61 Å². The normalized spacial score (nSPS) is 22.8. The van der Waals surface area contributed by atoms with Crippen LogP contribution in [0.4, 0.5) is 0 Å². The molecule has 0 amide bonds. The highest BCUT2D eigenvalue weighted by Gasteiger charge is 2.46. The zero-order valence-electron chi connectivity index (χ0n) is 16.5. The fourth-order valence-electron chi connectivity index (χ4n) is 4.17. The van der Waals surface area contributed by atoms with Crippen LogP contribution < -0.4 is 0 Å². The molecule has 0 aliphatic carbocycles. The summed E-state index contributed by atoms with van der Waals surface area (Å²) in [5.41, 5.74) is 2.51. The highest BCUT2D eigenvalue weighted by molar-refractivity contribution is 6.84. The Kier molecular flexibility index (Phi) is 10.5. The third-order valence-electron chi connectivity index (χ3n) is 5.80. The molecule has 23 heavy (non-hydrogen) atoms. The molecule has 0 aromatic heterocycles. The van der Waals surface area contributed by atoms with Crippen molar-refractivity contribution in [1.29, 1.82) is 0 Å². The maximum absolute atomic E-state index is 6.47. The SMILES string of the molecule is CC=C[Si](C)(C)C1(CCCCCCCCCCC)CCCCO1. The molecule has 1 unspecified atom stereocenters. The van der Waals surface area contributed by atoms with Crippen LogP contribution in [-0.4, -0.2) is 19.9 Å². The molecule has 1 saturated heterocycles. The maximum Gasteiger partial charge on any atom is 0.108 e. The quantitative estimate of drug-likeness (QED) is 0.270. The third-order valence-corrected chi connectivity index (χ3v) is 9.95. The van der Waals surface area contributed by atoms with Crippen molar-refractivity contribution in [2.45, 2.75) is 116 Å². The van der Waals surface area contributed by atoms with Crippen molar-refractivity contribution in [3.05, 3.63) is 11.8 Å². The van der Waals surface area contributed by atoms with Crippen LogP contribution in [0, 0.1) is 0 Å². The van der Waals surface area contributed by atoms with Crippen LogP contribution in [0.25, 0.3) is 0 Å². The van der Waals surface area contributed by atoms with E-state index in [4.69, 9.17) is 4.74 Å². The van der Waals surface area contributed by atoms with E-state index in [0.717, 1.165) is 6.61 Å². The summed E-state index contributed by atoms with van der Waals surface area (Å²) < 4.78 is 6.47. The third kappa shape index (κ3) is 7.13. The van der Waals surface area contributed by atoms with Crippen molar-refractivity contribution in [2.24, 2.45) is 0 Å². The molecular formula is C21H42OSi. The van der Waals surface area contributed by atoms with E-state index in [0.29, 0.717) is 0 Å². The molecule has 0 spiro atoms. The predicted octanol–water partition coefficient (Wildman–Crippen LogP) is 7.21. The summed E-state index contributed by atoms with van der Waals surface area (Å²) in [6.07, 6.45) is 20.2. The van der Waals surface area contributed by atoms with Crippen molar-refractivity contribution in [3.63, 3.8) is 0 Å². The smallest absolute Gasteiger partial charge is 0.108 e. The lowest BCUT2D eigenvalue weighted by Gasteiger charge is -2.47. The van der Waals surface area contributed by atoms with Gasteiger partial charge in [0.2, 0.25) is 0 Å². The molecule has 1 nitrogen and oxygen atoms in total. The Labute approximate surface area is 147 Å². The first-order valence-corrected chi connectivity index (χ1v) is 13.4. The van der Waals surface area contributed by atoms with E-state index < -0.39 is 8.07 Å². The van der Waals surface area contributed by atoms with Crippen LogP contribution in [0.2, 0.25) is 13.1 Å². The molecular weight excluding hydrogens is 296 g/mol. The monoisotopic (exact) mass is 338 g/mol. The van der Waals surface area contributed by atoms with Gasteiger partial charge in [0.15, 0.2) is 0 Å². The van der Waals surface area contributed by atoms with Gasteiger partial charge in [0.1, 0.15) is 8.07 Å². The Balaban J connectivity index is 2.30. The molecule has 1 rings (SSSR count). The Morgan fingerprint density at radius 3 is 2.04 bits per heavy atom. The number of rotatable bonds is 12. The number of hydrogen-bond donors (Lipinski definition) is 0. The molecule has 1 heterocycles. The van der Waals surface area contributed by atoms with Crippen LogP contribution >= 0.6 is 0 Å². The zero-order chi connectivity index (χ0) is 17.0. The van der Waals surface area contributed by atoms with Gasteiger partial charge in [-0.1, -0.05) is 89.6 Å². The molecule has 0 N–H and O–H groups in total. The second-order valence-corrected chi connectivity index (χ2v) is 12.8. The molecule has 0 bridgehead atoms. The van der Waals surface area contributed by atoms with Crippen LogP contribution in [0.3, 0.4) is 0 Å². The fraction of sp³-hybridized carbons (Fsp3) is 0.905. The minimum absolute atomic E-state index is 0.221. The minimum atomic E-state index is -1.45. The van der Waals surface area contributed by atoms with Crippen LogP contribution in [-0.2, 0) is 4.74 Å². The van der Waals surface area contributed by atoms with Gasteiger partial charge in [0, 0.05) is 6.61 Å². The summed E-state index contributed by atoms with van der Waals surface area (Å²) in [7, 11) is -1.45. The van der Waals surface area contributed by atoms with E-state index in [1.807, 2.05) is 0 Å². The van der Waals surface area contributed by atoms with Gasteiger partial charge in [0.25, 0.3) is 0 Å². The molecule has 136 valence electrons. The molecule has 0 radical (unpaired) electrons. The van der Waals surface area contributed by atoms with E-state index in [9.17, 15) is 0 Å². The summed E-state index contributed by atoms with van der Waals surface area (Å²) in [5, 5.41) is 0.221. The zero-order valence-corrected chi connectivity index (χ0v) is 17.5. The van der Waals surface area contributed by atoms with Crippen LogP contribution in [0.1, 0.15) is 97.3 Å². The standard InChI is InChI=1S/C21H42OSi/c1-5-7-8-9-10-11-12-13-14-17-21(18-15-16-19-22-21)23(3,4)20-6-2/h6,20H,5,7-19H2,1-4H3. The average molecular weight is 339 g/mol. The summed E-state index contributed by atoms with van der Waals surface area (Å²) in [6, 6.07) is 0. The van der Waals surface area contributed by atoms with E-state index in [1.165, 1.54) is 83.5 Å². The lowest BCUT2D eigenvalue weighted by atomic mass is 10.0. The van der Waals surface area contributed by atoms with E-state index in [1.54, 1.807) is 0 Å². The second-order valence-electron chi connectivity index (χ2n) is 8.10. The summed E-state index contributed by atoms with van der Waals surface area (Å²) in [6.45, 7) is 10.5. The Morgan fingerprint density at radius 2 is 1.52 bits per heavy atom. The molecule has 1 fully saturated rings. The van der Waals surface area contributed by atoms with Crippen molar-refractivity contribution >= 4 is 8.07 Å². The highest BCUT2D eigenvalue weighted by atomic mass is 28.3. The van der Waals surface area contributed by atoms with Crippen LogP contribution in [0.15, 0.2) is 11.8 Å². The molecule has 1 aliphatic rings. The number of ether oxygens (including phenoxy) is 1. The van der Waals surface area contributed by atoms with Gasteiger partial charge < -0.3 is 4.74 Å². The van der Waals surface area contributed by atoms with Gasteiger partial charge in [-0.15, -0.1) is 0 Å². The number of unbranched alkanes of at least 4 members (excludes halogenated alkanes) is 8. The largest absolute Gasteiger partial charge is 0.378 e. The van der Waals surface area contributed by atoms with E-state index in [2.05, 4.69) is 38.7 Å². The first kappa shape index (κ1) is 21.0. The first-order valence-electron chi connectivity index (χ1n) is 10.4. The molecule has 2 heteroatoms. The van der Waals surface area contributed by atoms with Gasteiger partial charge >= 0.3 is 0 Å². The van der Waals surface area contributed by atoms with Gasteiger partial charge in [-0.05, 0) is 32.6 Å². The topological polar surface area (TPSA) is 9.23 Å². The molecule has 0 aromatic rings. The Bertz CT molecular complexity index is 316. The second kappa shape index (κ2) is 11.5. The Morgan fingerprint density at radius 1 is 0.913 bits per heavy atom. The molecule has 0 aromatic carbocycles. The van der Waals surface area contributed by atoms with Gasteiger partial charge in [0.05, 0.1) is 5.22 Å². The highest BCUT2D eigenvalue weighted by Crippen LogP contribution is 2.39. The molecule has 1 aliphatic heterocycles. The fourth-order valence-corrected chi connectivity index (χ4v) is 7.42. The van der Waals surface area contributed by atoms with E-state index >= 15 is 0 Å². The summed E-state index contributed by atoms with van der Waals surface area (Å²) >= 11 is 0. The summed E-state index contributed by atoms with van der Waals surface area (Å²) in [5.74, 6) is 0. The lowest BCUT2D eigenvalue weighted by molar-refractivity contribution is -0.0317. The Hall–Kier alpha value is -0.0831. The van der Waals surface area contributed by atoms with Gasteiger partial charge in [-0.25, -0.2) is 0 Å². The van der Waals surface area contributed by atoms with Crippen LogP contribution in [0.5, 0.6) is 0 Å². The van der Waals surface area contributed by atoms with Crippen molar-refractivity contribution in [1.82, 2.24) is 0 Å². The lowest BCUT2D eigenvalue weighted by Crippen LogP contribution is -2.56. The van der Waals surface area contributed by atoms with Crippen molar-refractivity contribution in [3.8, 4) is 0 Å². The molecule has 1 atom stereocenters. The van der Waals surface area contributed by atoms with Gasteiger partial charge in [-0.2, -0.15) is 0 Å². The first-order chi connectivity index (χ1) is 11.1. The van der Waals surface area contributed by atoms with Crippen molar-refractivity contribution < 1.29 is 4.74 Å².